The lowest BCUT2D eigenvalue weighted by atomic mass is 10.3. The van der Waals surface area contributed by atoms with E-state index in [0.717, 1.165) is 16.3 Å². The molecule has 0 bridgehead atoms. The number of aryl methyl sites for hydroxylation is 3. The highest BCUT2D eigenvalue weighted by molar-refractivity contribution is 6.21. The predicted octanol–water partition coefficient (Wildman–Crippen LogP) is 2.61. The summed E-state index contributed by atoms with van der Waals surface area (Å²) in [7, 11) is 3.27. The van der Waals surface area contributed by atoms with Crippen molar-refractivity contribution in [3.05, 3.63) is 53.0 Å². The van der Waals surface area contributed by atoms with E-state index in [1.165, 1.54) is 37.1 Å². The molecule has 2 N–H and O–H groups in total. The van der Waals surface area contributed by atoms with E-state index in [1.54, 1.807) is 18.7 Å². The van der Waals surface area contributed by atoms with Gasteiger partial charge in [-0.15, -0.1) is 0 Å². The highest BCUT2D eigenvalue weighted by Gasteiger charge is 2.33. The first-order chi connectivity index (χ1) is 15.5. The number of halogens is 3. The van der Waals surface area contributed by atoms with Crippen LogP contribution in [0.1, 0.15) is 38.1 Å². The van der Waals surface area contributed by atoms with Crippen LogP contribution in [-0.2, 0) is 19.5 Å². The molecule has 0 aliphatic carbocycles. The number of amides is 2. The van der Waals surface area contributed by atoms with Gasteiger partial charge >= 0.3 is 5.38 Å². The van der Waals surface area contributed by atoms with Crippen LogP contribution in [0.5, 0.6) is 0 Å². The highest BCUT2D eigenvalue weighted by Crippen LogP contribution is 2.32. The zero-order chi connectivity index (χ0) is 24.1. The number of aromatic nitrogens is 7. The summed E-state index contributed by atoms with van der Waals surface area (Å²) in [5, 5.41) is 13.5. The minimum atomic E-state index is -3.72. The minimum Gasteiger partial charge on any atom is -0.318 e. The molecule has 0 aliphatic heterocycles. The van der Waals surface area contributed by atoms with Gasteiger partial charge in [0.15, 0.2) is 11.3 Å². The molecule has 0 fully saturated rings. The van der Waals surface area contributed by atoms with E-state index in [4.69, 9.17) is 11.6 Å². The molecule has 11 nitrogen and oxygen atoms in total. The lowest BCUT2D eigenvalue weighted by molar-refractivity contribution is 0.0867. The van der Waals surface area contributed by atoms with Gasteiger partial charge in [-0.05, 0) is 31.5 Å². The van der Waals surface area contributed by atoms with Crippen molar-refractivity contribution in [1.29, 1.82) is 0 Å². The van der Waals surface area contributed by atoms with E-state index in [2.05, 4.69) is 30.9 Å². The third kappa shape index (κ3) is 4.14. The summed E-state index contributed by atoms with van der Waals surface area (Å²) in [6.07, 6.45) is 2.79. The molecule has 0 radical (unpaired) electrons. The Morgan fingerprint density at radius 2 is 1.64 bits per heavy atom. The maximum absolute atomic E-state index is 13.8. The average molecular weight is 478 g/mol. The molecular formula is C19H18ClF2N9O2. The van der Waals surface area contributed by atoms with E-state index in [0.29, 0.717) is 5.69 Å². The van der Waals surface area contributed by atoms with Crippen LogP contribution in [-0.4, -0.2) is 46.0 Å². The zero-order valence-electron chi connectivity index (χ0n) is 17.9. The number of carbonyl (C=O) groups excluding carboxylic acids is 2. The lowest BCUT2D eigenvalue weighted by Gasteiger charge is -2.10. The van der Waals surface area contributed by atoms with Gasteiger partial charge in [-0.3, -0.25) is 19.0 Å². The van der Waals surface area contributed by atoms with Crippen LogP contribution in [0.3, 0.4) is 0 Å². The van der Waals surface area contributed by atoms with Gasteiger partial charge < -0.3 is 10.6 Å². The fourth-order valence-electron chi connectivity index (χ4n) is 3.20. The van der Waals surface area contributed by atoms with Gasteiger partial charge in [0.05, 0.1) is 29.5 Å². The van der Waals surface area contributed by atoms with Crippen molar-refractivity contribution in [2.45, 2.75) is 19.2 Å². The van der Waals surface area contributed by atoms with Gasteiger partial charge in [-0.25, -0.2) is 9.50 Å². The maximum atomic E-state index is 13.8. The zero-order valence-corrected chi connectivity index (χ0v) is 18.6. The SMILES string of the molecule is Cc1cc(C(F)(F)Cl)n2nc(C(=O)Nc3cnn(C)c3C(=O)Nc3cnn(C)c3C)cc2n1. The number of alkyl halides is 3. The van der Waals surface area contributed by atoms with Crippen LogP contribution in [0.15, 0.2) is 24.5 Å². The third-order valence-corrected chi connectivity index (χ3v) is 5.16. The molecule has 0 saturated heterocycles. The van der Waals surface area contributed by atoms with Crippen molar-refractivity contribution in [2.75, 3.05) is 10.6 Å². The number of rotatable bonds is 5. The lowest BCUT2D eigenvalue weighted by Crippen LogP contribution is -2.20. The number of fused-ring (bicyclic) bond motifs is 1. The Morgan fingerprint density at radius 3 is 2.27 bits per heavy atom. The Labute approximate surface area is 190 Å². The summed E-state index contributed by atoms with van der Waals surface area (Å²) >= 11 is 5.18. The summed E-state index contributed by atoms with van der Waals surface area (Å²) in [5.41, 5.74) is 0.872. The predicted molar refractivity (Wildman–Crippen MR) is 115 cm³/mol. The first kappa shape index (κ1) is 22.3. The van der Waals surface area contributed by atoms with Crippen LogP contribution in [0.2, 0.25) is 0 Å². The number of hydrogen-bond donors (Lipinski definition) is 2. The van der Waals surface area contributed by atoms with Gasteiger partial charge in [-0.2, -0.15) is 24.1 Å². The molecular weight excluding hydrogens is 460 g/mol. The fourth-order valence-corrected chi connectivity index (χ4v) is 3.34. The summed E-state index contributed by atoms with van der Waals surface area (Å²) in [6, 6.07) is 2.32. The second-order valence-corrected chi connectivity index (χ2v) is 7.76. The van der Waals surface area contributed by atoms with Crippen molar-refractivity contribution in [1.82, 2.24) is 34.2 Å². The highest BCUT2D eigenvalue weighted by atomic mass is 35.5. The first-order valence-corrected chi connectivity index (χ1v) is 9.91. The largest absolute Gasteiger partial charge is 0.364 e. The van der Waals surface area contributed by atoms with Crippen molar-refractivity contribution in [3.63, 3.8) is 0 Å². The molecule has 0 atom stereocenters. The third-order valence-electron chi connectivity index (χ3n) is 4.96. The molecule has 0 aliphatic rings. The molecule has 14 heteroatoms. The standard InChI is InChI=1S/C19H18ClF2N9O2/c1-9-5-14(19(20,21)22)31-15(25-9)6-11(28-31)17(32)27-13-8-24-30(4)16(13)18(33)26-12-7-23-29(3)10(12)2/h5-8H,1-4H3,(H,26,33)(H,27,32). The van der Waals surface area contributed by atoms with Crippen LogP contribution < -0.4 is 10.6 Å². The number of nitrogens with zero attached hydrogens (tertiary/aromatic N) is 7. The Hall–Kier alpha value is -3.87. The fraction of sp³-hybridized carbons (Fsp3) is 0.263. The second-order valence-electron chi connectivity index (χ2n) is 7.29. The van der Waals surface area contributed by atoms with E-state index in [-0.39, 0.29) is 28.4 Å². The van der Waals surface area contributed by atoms with Crippen molar-refractivity contribution in [2.24, 2.45) is 14.1 Å². The van der Waals surface area contributed by atoms with Gasteiger partial charge in [0, 0.05) is 25.9 Å². The first-order valence-electron chi connectivity index (χ1n) is 9.53. The summed E-state index contributed by atoms with van der Waals surface area (Å²) in [5.74, 6) is -1.28. The van der Waals surface area contributed by atoms with Gasteiger partial charge in [0.1, 0.15) is 11.4 Å². The number of hydrogen-bond acceptors (Lipinski definition) is 6. The van der Waals surface area contributed by atoms with Gasteiger partial charge in [0.2, 0.25) is 0 Å². The molecule has 2 amide bonds. The van der Waals surface area contributed by atoms with Crippen molar-refractivity contribution in [3.8, 4) is 0 Å². The van der Waals surface area contributed by atoms with Crippen LogP contribution in [0, 0.1) is 13.8 Å². The Balaban J connectivity index is 1.63. The Morgan fingerprint density at radius 1 is 1.00 bits per heavy atom. The minimum absolute atomic E-state index is 0.0201. The van der Waals surface area contributed by atoms with Crippen LogP contribution >= 0.6 is 11.6 Å². The van der Waals surface area contributed by atoms with Crippen LogP contribution in [0.4, 0.5) is 20.2 Å². The molecule has 4 rings (SSSR count). The quantitative estimate of drug-likeness (QED) is 0.426. The Bertz CT molecular complexity index is 1400. The smallest absolute Gasteiger partial charge is 0.318 e. The summed E-state index contributed by atoms with van der Waals surface area (Å²) in [4.78, 5) is 29.8. The molecule has 0 saturated carbocycles. The van der Waals surface area contributed by atoms with E-state index < -0.39 is 22.9 Å². The van der Waals surface area contributed by atoms with E-state index in [1.807, 2.05) is 0 Å². The van der Waals surface area contributed by atoms with Gasteiger partial charge in [0.25, 0.3) is 11.8 Å². The molecule has 0 aromatic carbocycles. The second kappa shape index (κ2) is 7.92. The number of anilines is 2. The molecule has 0 unspecified atom stereocenters. The monoisotopic (exact) mass is 477 g/mol. The van der Waals surface area contributed by atoms with Crippen LogP contribution in [0.25, 0.3) is 5.65 Å². The summed E-state index contributed by atoms with van der Waals surface area (Å²) < 4.78 is 31.3. The maximum Gasteiger partial charge on any atom is 0.364 e. The van der Waals surface area contributed by atoms with Crippen molar-refractivity contribution >= 4 is 40.4 Å². The molecule has 4 aromatic rings. The topological polar surface area (TPSA) is 124 Å². The normalized spacial score (nSPS) is 11.7. The molecule has 0 spiro atoms. The summed E-state index contributed by atoms with van der Waals surface area (Å²) in [6.45, 7) is 3.30. The van der Waals surface area contributed by atoms with E-state index >= 15 is 0 Å². The molecule has 4 heterocycles. The Kier molecular flexibility index (Phi) is 5.36. The number of nitrogens with one attached hydrogen (secondary N) is 2. The average Bonchev–Trinajstić information content (AvgIpc) is 3.40. The van der Waals surface area contributed by atoms with Gasteiger partial charge in [-0.1, -0.05) is 0 Å². The number of carbonyl (C=O) groups is 2. The molecule has 4 aromatic heterocycles. The van der Waals surface area contributed by atoms with E-state index in [9.17, 15) is 18.4 Å². The van der Waals surface area contributed by atoms with Crippen molar-refractivity contribution < 1.29 is 18.4 Å². The molecule has 172 valence electrons. The molecule has 33 heavy (non-hydrogen) atoms.